The molecule has 0 fully saturated rings. The van der Waals surface area contributed by atoms with Gasteiger partial charge >= 0.3 is 5.97 Å². The number of esters is 1. The van der Waals surface area contributed by atoms with Crippen LogP contribution in [0.5, 0.6) is 0 Å². The number of methoxy groups -OCH3 is 1. The van der Waals surface area contributed by atoms with Gasteiger partial charge in [0.05, 0.1) is 34.0 Å². The molecule has 0 unspecified atom stereocenters. The van der Waals surface area contributed by atoms with Crippen molar-refractivity contribution in [2.24, 2.45) is 0 Å². The van der Waals surface area contributed by atoms with E-state index in [0.29, 0.717) is 5.02 Å². The Bertz CT molecular complexity index is 747. The van der Waals surface area contributed by atoms with E-state index in [1.54, 1.807) is 6.07 Å². The van der Waals surface area contributed by atoms with E-state index in [1.807, 2.05) is 0 Å². The lowest BCUT2D eigenvalue weighted by atomic mass is 10.1. The smallest absolute Gasteiger partial charge is 0.337 e. The number of benzene rings is 2. The average Bonchev–Trinajstić information content (AvgIpc) is 2.48. The second-order valence-electron chi connectivity index (χ2n) is 4.26. The summed E-state index contributed by atoms with van der Waals surface area (Å²) in [4.78, 5) is 23.7. The highest BCUT2D eigenvalue weighted by Crippen LogP contribution is 2.26. The van der Waals surface area contributed by atoms with E-state index in [4.69, 9.17) is 34.8 Å². The Morgan fingerprint density at radius 1 is 1.00 bits per heavy atom. The number of amides is 1. The van der Waals surface area contributed by atoms with Gasteiger partial charge < -0.3 is 10.1 Å². The molecule has 0 saturated heterocycles. The Kier molecular flexibility index (Phi) is 5.29. The second-order valence-corrected chi connectivity index (χ2v) is 5.52. The molecule has 1 N–H and O–H groups in total. The van der Waals surface area contributed by atoms with Gasteiger partial charge in [-0.3, -0.25) is 4.79 Å². The Morgan fingerprint density at radius 3 is 2.36 bits per heavy atom. The molecule has 0 heterocycles. The summed E-state index contributed by atoms with van der Waals surface area (Å²) in [7, 11) is 1.27. The first-order valence-electron chi connectivity index (χ1n) is 6.06. The number of halogens is 3. The SMILES string of the molecule is COC(=O)c1ccc(Cl)c(NC(=O)c2ccc(Cl)cc2Cl)c1. The van der Waals surface area contributed by atoms with Crippen molar-refractivity contribution in [1.29, 1.82) is 0 Å². The normalized spacial score (nSPS) is 10.2. The zero-order valence-electron chi connectivity index (χ0n) is 11.3. The van der Waals surface area contributed by atoms with E-state index in [-0.39, 0.29) is 26.9 Å². The van der Waals surface area contributed by atoms with Crippen LogP contribution in [0, 0.1) is 0 Å². The fourth-order valence-corrected chi connectivity index (χ4v) is 2.39. The molecule has 0 aliphatic carbocycles. The van der Waals surface area contributed by atoms with Crippen LogP contribution in [0.3, 0.4) is 0 Å². The van der Waals surface area contributed by atoms with E-state index >= 15 is 0 Å². The Balaban J connectivity index is 2.29. The van der Waals surface area contributed by atoms with Crippen molar-refractivity contribution in [2.45, 2.75) is 0 Å². The zero-order valence-corrected chi connectivity index (χ0v) is 13.6. The van der Waals surface area contributed by atoms with Gasteiger partial charge in [-0.2, -0.15) is 0 Å². The summed E-state index contributed by atoms with van der Waals surface area (Å²) >= 11 is 17.8. The van der Waals surface area contributed by atoms with Crippen molar-refractivity contribution < 1.29 is 14.3 Å². The average molecular weight is 359 g/mol. The molecule has 0 saturated carbocycles. The maximum atomic E-state index is 12.2. The number of rotatable bonds is 3. The lowest BCUT2D eigenvalue weighted by molar-refractivity contribution is 0.0600. The van der Waals surface area contributed by atoms with Crippen molar-refractivity contribution in [2.75, 3.05) is 12.4 Å². The summed E-state index contributed by atoms with van der Waals surface area (Å²) < 4.78 is 4.62. The molecule has 0 spiro atoms. The maximum Gasteiger partial charge on any atom is 0.337 e. The van der Waals surface area contributed by atoms with Crippen molar-refractivity contribution in [3.8, 4) is 0 Å². The topological polar surface area (TPSA) is 55.4 Å². The maximum absolute atomic E-state index is 12.2. The molecule has 0 aliphatic rings. The Hall–Kier alpha value is -1.75. The van der Waals surface area contributed by atoms with E-state index in [2.05, 4.69) is 10.1 Å². The third-order valence-electron chi connectivity index (χ3n) is 2.81. The van der Waals surface area contributed by atoms with Crippen LogP contribution in [0.1, 0.15) is 20.7 Å². The van der Waals surface area contributed by atoms with Gasteiger partial charge in [0.15, 0.2) is 0 Å². The highest BCUT2D eigenvalue weighted by atomic mass is 35.5. The predicted octanol–water partition coefficient (Wildman–Crippen LogP) is 4.69. The van der Waals surface area contributed by atoms with Crippen LogP contribution >= 0.6 is 34.8 Å². The minimum absolute atomic E-state index is 0.213. The first-order valence-corrected chi connectivity index (χ1v) is 7.20. The van der Waals surface area contributed by atoms with E-state index in [9.17, 15) is 9.59 Å². The van der Waals surface area contributed by atoms with Gasteiger partial charge in [-0.05, 0) is 36.4 Å². The molecule has 2 aromatic rings. The second kappa shape index (κ2) is 7.01. The molecule has 2 rings (SSSR count). The van der Waals surface area contributed by atoms with E-state index in [1.165, 1.54) is 37.4 Å². The third-order valence-corrected chi connectivity index (χ3v) is 3.69. The molecular weight excluding hydrogens is 349 g/mol. The number of ether oxygens (including phenoxy) is 1. The van der Waals surface area contributed by atoms with E-state index in [0.717, 1.165) is 0 Å². The quantitative estimate of drug-likeness (QED) is 0.810. The molecule has 4 nitrogen and oxygen atoms in total. The summed E-state index contributed by atoms with van der Waals surface area (Å²) in [5.74, 6) is -0.998. The predicted molar refractivity (Wildman–Crippen MR) is 87.2 cm³/mol. The fraction of sp³-hybridized carbons (Fsp3) is 0.0667. The minimum atomic E-state index is -0.531. The standard InChI is InChI=1S/C15H10Cl3NO3/c1-22-15(21)8-2-5-11(17)13(6-8)19-14(20)10-4-3-9(16)7-12(10)18/h2-7H,1H3,(H,19,20). The summed E-state index contributed by atoms with van der Waals surface area (Å²) in [5, 5.41) is 3.52. The number of carbonyl (C=O) groups excluding carboxylic acids is 2. The van der Waals surface area contributed by atoms with Crippen LogP contribution in [0.4, 0.5) is 5.69 Å². The summed E-state index contributed by atoms with van der Waals surface area (Å²) in [6, 6.07) is 8.93. The molecule has 2 aromatic carbocycles. The molecular formula is C15H10Cl3NO3. The molecule has 1 amide bonds. The molecule has 0 aliphatic heterocycles. The van der Waals surface area contributed by atoms with Crippen LogP contribution in [0.25, 0.3) is 0 Å². The van der Waals surface area contributed by atoms with Crippen molar-refractivity contribution in [1.82, 2.24) is 0 Å². The lowest BCUT2D eigenvalue weighted by Gasteiger charge is -2.10. The number of hydrogen-bond acceptors (Lipinski definition) is 3. The largest absolute Gasteiger partial charge is 0.465 e. The highest BCUT2D eigenvalue weighted by Gasteiger charge is 2.14. The highest BCUT2D eigenvalue weighted by molar-refractivity contribution is 6.37. The van der Waals surface area contributed by atoms with Crippen LogP contribution in [-0.4, -0.2) is 19.0 Å². The third kappa shape index (κ3) is 3.71. The van der Waals surface area contributed by atoms with Crippen molar-refractivity contribution in [3.05, 3.63) is 62.6 Å². The molecule has 114 valence electrons. The Morgan fingerprint density at radius 2 is 1.73 bits per heavy atom. The van der Waals surface area contributed by atoms with Crippen LogP contribution in [-0.2, 0) is 4.74 Å². The summed E-state index contributed by atoms with van der Waals surface area (Å²) in [5.41, 5.74) is 0.788. The van der Waals surface area contributed by atoms with Crippen LogP contribution < -0.4 is 5.32 Å². The van der Waals surface area contributed by atoms with Crippen molar-refractivity contribution >= 4 is 52.4 Å². The number of nitrogens with one attached hydrogen (secondary N) is 1. The summed E-state index contributed by atoms with van der Waals surface area (Å²) in [6.07, 6.45) is 0. The van der Waals surface area contributed by atoms with Gasteiger partial charge in [-0.25, -0.2) is 4.79 Å². The van der Waals surface area contributed by atoms with Crippen molar-refractivity contribution in [3.63, 3.8) is 0 Å². The molecule has 7 heteroatoms. The van der Waals surface area contributed by atoms with Crippen LogP contribution in [0.15, 0.2) is 36.4 Å². The van der Waals surface area contributed by atoms with Gasteiger partial charge in [-0.15, -0.1) is 0 Å². The number of hydrogen-bond donors (Lipinski definition) is 1. The first kappa shape index (κ1) is 16.6. The molecule has 0 bridgehead atoms. The Labute approximate surface area is 141 Å². The molecule has 0 aromatic heterocycles. The van der Waals surface area contributed by atoms with Gasteiger partial charge in [0, 0.05) is 5.02 Å². The number of carbonyl (C=O) groups is 2. The van der Waals surface area contributed by atoms with Gasteiger partial charge in [0.1, 0.15) is 0 Å². The molecule has 22 heavy (non-hydrogen) atoms. The fourth-order valence-electron chi connectivity index (χ4n) is 1.73. The monoisotopic (exact) mass is 357 g/mol. The molecule has 0 radical (unpaired) electrons. The van der Waals surface area contributed by atoms with Gasteiger partial charge in [0.2, 0.25) is 0 Å². The lowest BCUT2D eigenvalue weighted by Crippen LogP contribution is -2.13. The molecule has 0 atom stereocenters. The minimum Gasteiger partial charge on any atom is -0.465 e. The number of anilines is 1. The summed E-state index contributed by atoms with van der Waals surface area (Å²) in [6.45, 7) is 0. The zero-order chi connectivity index (χ0) is 16.3. The van der Waals surface area contributed by atoms with E-state index < -0.39 is 11.9 Å². The first-order chi connectivity index (χ1) is 10.4. The van der Waals surface area contributed by atoms with Crippen LogP contribution in [0.2, 0.25) is 15.1 Å². The van der Waals surface area contributed by atoms with Gasteiger partial charge in [-0.1, -0.05) is 34.8 Å². The van der Waals surface area contributed by atoms with Gasteiger partial charge in [0.25, 0.3) is 5.91 Å².